The van der Waals surface area contributed by atoms with Crippen molar-refractivity contribution in [3.8, 4) is 0 Å². The van der Waals surface area contributed by atoms with Crippen molar-refractivity contribution in [1.29, 1.82) is 0 Å². The second kappa shape index (κ2) is 7.14. The van der Waals surface area contributed by atoms with Crippen LogP contribution < -0.4 is 5.32 Å². The van der Waals surface area contributed by atoms with Gasteiger partial charge in [0.1, 0.15) is 11.6 Å². The lowest BCUT2D eigenvalue weighted by atomic mass is 9.94. The summed E-state index contributed by atoms with van der Waals surface area (Å²) in [5.41, 5.74) is 2.79. The molecular formula is C17H18BrF2N. The van der Waals surface area contributed by atoms with E-state index < -0.39 is 0 Å². The van der Waals surface area contributed by atoms with Crippen LogP contribution in [0, 0.1) is 18.6 Å². The van der Waals surface area contributed by atoms with Crippen molar-refractivity contribution in [2.45, 2.75) is 26.3 Å². The highest BCUT2D eigenvalue weighted by atomic mass is 79.9. The molecule has 112 valence electrons. The lowest BCUT2D eigenvalue weighted by Gasteiger charge is -2.22. The standard InChI is InChI=1S/C17H18BrF2N/c1-3-8-21-17(12-5-7-16(20)15(18)9-12)14-10-13(19)6-4-11(14)2/h4-7,9-10,17,21H,3,8H2,1-2H3. The number of nitrogens with one attached hydrogen (secondary N) is 1. The molecule has 2 aromatic carbocycles. The van der Waals surface area contributed by atoms with Crippen molar-refractivity contribution in [2.24, 2.45) is 0 Å². The molecule has 21 heavy (non-hydrogen) atoms. The van der Waals surface area contributed by atoms with Gasteiger partial charge in [0.2, 0.25) is 0 Å². The maximum absolute atomic E-state index is 13.6. The number of halogens is 3. The van der Waals surface area contributed by atoms with Gasteiger partial charge in [-0.15, -0.1) is 0 Å². The molecule has 0 saturated heterocycles. The molecule has 1 atom stereocenters. The van der Waals surface area contributed by atoms with Gasteiger partial charge in [-0.1, -0.05) is 19.1 Å². The molecule has 1 nitrogen and oxygen atoms in total. The third-order valence-corrected chi connectivity index (χ3v) is 4.04. The molecular weight excluding hydrogens is 336 g/mol. The summed E-state index contributed by atoms with van der Waals surface area (Å²) >= 11 is 3.21. The Balaban J connectivity index is 2.46. The highest BCUT2D eigenvalue weighted by molar-refractivity contribution is 9.10. The van der Waals surface area contributed by atoms with Crippen molar-refractivity contribution in [1.82, 2.24) is 5.32 Å². The van der Waals surface area contributed by atoms with Crippen LogP contribution >= 0.6 is 15.9 Å². The Kier molecular flexibility index (Phi) is 5.48. The normalized spacial score (nSPS) is 12.4. The summed E-state index contributed by atoms with van der Waals surface area (Å²) in [7, 11) is 0. The summed E-state index contributed by atoms with van der Waals surface area (Å²) in [5.74, 6) is -0.566. The van der Waals surface area contributed by atoms with Crippen molar-refractivity contribution < 1.29 is 8.78 Å². The van der Waals surface area contributed by atoms with Gasteiger partial charge in [-0.2, -0.15) is 0 Å². The zero-order chi connectivity index (χ0) is 15.4. The molecule has 0 fully saturated rings. The van der Waals surface area contributed by atoms with Crippen molar-refractivity contribution in [3.63, 3.8) is 0 Å². The SMILES string of the molecule is CCCNC(c1ccc(F)c(Br)c1)c1cc(F)ccc1C. The summed E-state index contributed by atoms with van der Waals surface area (Å²) in [4.78, 5) is 0. The first-order valence-electron chi connectivity index (χ1n) is 6.97. The van der Waals surface area contributed by atoms with E-state index in [1.807, 2.05) is 6.92 Å². The molecule has 0 radical (unpaired) electrons. The van der Waals surface area contributed by atoms with Crippen LogP contribution in [0.5, 0.6) is 0 Å². The van der Waals surface area contributed by atoms with Crippen LogP contribution in [-0.2, 0) is 0 Å². The fourth-order valence-corrected chi connectivity index (χ4v) is 2.71. The van der Waals surface area contributed by atoms with Gasteiger partial charge in [-0.05, 0) is 76.8 Å². The topological polar surface area (TPSA) is 12.0 Å². The zero-order valence-corrected chi connectivity index (χ0v) is 13.7. The third kappa shape index (κ3) is 3.89. The third-order valence-electron chi connectivity index (χ3n) is 3.43. The Morgan fingerprint density at radius 1 is 1.14 bits per heavy atom. The van der Waals surface area contributed by atoms with E-state index in [-0.39, 0.29) is 17.7 Å². The largest absolute Gasteiger partial charge is 0.306 e. The number of hydrogen-bond donors (Lipinski definition) is 1. The number of aryl methyl sites for hydroxylation is 1. The van der Waals surface area contributed by atoms with Crippen LogP contribution in [0.15, 0.2) is 40.9 Å². The van der Waals surface area contributed by atoms with Gasteiger partial charge in [0.25, 0.3) is 0 Å². The van der Waals surface area contributed by atoms with Crippen LogP contribution in [-0.4, -0.2) is 6.54 Å². The van der Waals surface area contributed by atoms with Crippen LogP contribution in [0.1, 0.15) is 36.1 Å². The lowest BCUT2D eigenvalue weighted by molar-refractivity contribution is 0.578. The fraction of sp³-hybridized carbons (Fsp3) is 0.294. The average molecular weight is 354 g/mol. The van der Waals surface area contributed by atoms with E-state index in [0.29, 0.717) is 4.47 Å². The molecule has 2 rings (SSSR count). The second-order valence-corrected chi connectivity index (χ2v) is 5.92. The Morgan fingerprint density at radius 2 is 1.90 bits per heavy atom. The summed E-state index contributed by atoms with van der Waals surface area (Å²) in [6.45, 7) is 4.83. The zero-order valence-electron chi connectivity index (χ0n) is 12.1. The van der Waals surface area contributed by atoms with Gasteiger partial charge in [0.15, 0.2) is 0 Å². The number of rotatable bonds is 5. The first-order valence-corrected chi connectivity index (χ1v) is 7.76. The number of hydrogen-bond acceptors (Lipinski definition) is 1. The summed E-state index contributed by atoms with van der Waals surface area (Å²) in [5, 5.41) is 3.41. The van der Waals surface area contributed by atoms with E-state index in [1.54, 1.807) is 24.3 Å². The smallest absolute Gasteiger partial charge is 0.137 e. The highest BCUT2D eigenvalue weighted by Gasteiger charge is 2.17. The average Bonchev–Trinajstić information content (AvgIpc) is 2.46. The van der Waals surface area contributed by atoms with E-state index >= 15 is 0 Å². The van der Waals surface area contributed by atoms with Gasteiger partial charge < -0.3 is 5.32 Å². The molecule has 0 heterocycles. The van der Waals surface area contributed by atoms with Crippen molar-refractivity contribution >= 4 is 15.9 Å². The molecule has 0 amide bonds. The molecule has 0 aliphatic carbocycles. The molecule has 1 N–H and O–H groups in total. The van der Waals surface area contributed by atoms with E-state index in [9.17, 15) is 8.78 Å². The minimum absolute atomic E-state index is 0.155. The van der Waals surface area contributed by atoms with E-state index in [1.165, 1.54) is 12.1 Å². The summed E-state index contributed by atoms with van der Waals surface area (Å²) in [6.07, 6.45) is 0.966. The van der Waals surface area contributed by atoms with Crippen LogP contribution in [0.2, 0.25) is 0 Å². The van der Waals surface area contributed by atoms with Gasteiger partial charge >= 0.3 is 0 Å². The summed E-state index contributed by atoms with van der Waals surface area (Å²) in [6, 6.07) is 9.51. The van der Waals surface area contributed by atoms with Gasteiger partial charge in [0, 0.05) is 0 Å². The predicted molar refractivity (Wildman–Crippen MR) is 85.4 cm³/mol. The first-order chi connectivity index (χ1) is 10.0. The maximum Gasteiger partial charge on any atom is 0.137 e. The molecule has 0 saturated carbocycles. The summed E-state index contributed by atoms with van der Waals surface area (Å²) < 4.78 is 27.4. The van der Waals surface area contributed by atoms with Gasteiger partial charge in [-0.25, -0.2) is 8.78 Å². The molecule has 2 aromatic rings. The molecule has 0 aromatic heterocycles. The Bertz CT molecular complexity index is 628. The Labute approximate surface area is 132 Å². The van der Waals surface area contributed by atoms with Gasteiger partial charge in [-0.3, -0.25) is 0 Å². The molecule has 0 bridgehead atoms. The second-order valence-electron chi connectivity index (χ2n) is 5.06. The van der Waals surface area contributed by atoms with Crippen molar-refractivity contribution in [3.05, 3.63) is 69.2 Å². The van der Waals surface area contributed by atoms with Crippen LogP contribution in [0.25, 0.3) is 0 Å². The fourth-order valence-electron chi connectivity index (χ4n) is 2.31. The monoisotopic (exact) mass is 353 g/mol. The maximum atomic E-state index is 13.6. The van der Waals surface area contributed by atoms with Crippen molar-refractivity contribution in [2.75, 3.05) is 6.54 Å². The first kappa shape index (κ1) is 16.1. The van der Waals surface area contributed by atoms with E-state index in [4.69, 9.17) is 0 Å². The van der Waals surface area contributed by atoms with E-state index in [2.05, 4.69) is 28.2 Å². The quantitative estimate of drug-likeness (QED) is 0.785. The highest BCUT2D eigenvalue weighted by Crippen LogP contribution is 2.28. The Hall–Kier alpha value is -1.26. The molecule has 4 heteroatoms. The Morgan fingerprint density at radius 3 is 2.57 bits per heavy atom. The van der Waals surface area contributed by atoms with Crippen LogP contribution in [0.4, 0.5) is 8.78 Å². The molecule has 0 aliphatic heterocycles. The minimum Gasteiger partial charge on any atom is -0.306 e. The lowest BCUT2D eigenvalue weighted by Crippen LogP contribution is -2.24. The molecule has 0 aliphatic rings. The van der Waals surface area contributed by atoms with E-state index in [0.717, 1.165) is 29.7 Å². The minimum atomic E-state index is -0.302. The molecule has 0 spiro atoms. The number of benzene rings is 2. The van der Waals surface area contributed by atoms with Crippen LogP contribution in [0.3, 0.4) is 0 Å². The van der Waals surface area contributed by atoms with Gasteiger partial charge in [0.05, 0.1) is 10.5 Å². The molecule has 1 unspecified atom stereocenters. The predicted octanol–water partition coefficient (Wildman–Crippen LogP) is 5.12.